The van der Waals surface area contributed by atoms with Crippen molar-refractivity contribution in [1.29, 1.82) is 0 Å². The summed E-state index contributed by atoms with van der Waals surface area (Å²) in [6.45, 7) is 3.79. The largest absolute Gasteiger partial charge is 0.0533 e. The van der Waals surface area contributed by atoms with Crippen molar-refractivity contribution >= 4 is 0 Å². The van der Waals surface area contributed by atoms with Gasteiger partial charge >= 0.3 is 0 Å². The fourth-order valence-electron chi connectivity index (χ4n) is 0.840. The van der Waals surface area contributed by atoms with E-state index in [0.29, 0.717) is 0 Å². The van der Waals surface area contributed by atoms with Gasteiger partial charge < -0.3 is 0 Å². The molecule has 1 aliphatic rings. The van der Waals surface area contributed by atoms with Gasteiger partial charge in [0.1, 0.15) is 0 Å². The van der Waals surface area contributed by atoms with E-state index in [4.69, 9.17) is 0 Å². The molecule has 1 aliphatic carbocycles. The summed E-state index contributed by atoms with van der Waals surface area (Å²) < 4.78 is 0. The lowest BCUT2D eigenvalue weighted by molar-refractivity contribution is 0.674. The van der Waals surface area contributed by atoms with Gasteiger partial charge in [-0.05, 0) is 5.92 Å². The maximum absolute atomic E-state index is 3.79. The Balaban J connectivity index is 1.80. The summed E-state index contributed by atoms with van der Waals surface area (Å²) in [4.78, 5) is 0. The van der Waals surface area contributed by atoms with Gasteiger partial charge in [0.05, 0.1) is 0 Å². The Morgan fingerprint density at radius 3 is 2.57 bits per heavy atom. The van der Waals surface area contributed by atoms with Crippen molar-refractivity contribution in [3.8, 4) is 0 Å². The number of unbranched alkanes of at least 4 members (excludes halogenated alkanes) is 1. The maximum atomic E-state index is 3.79. The fourth-order valence-corrected chi connectivity index (χ4v) is 0.840. The fraction of sp³-hybridized carbons (Fsp3) is 0.857. The van der Waals surface area contributed by atoms with Crippen LogP contribution >= 0.6 is 0 Å². The standard InChI is InChI=1S/C7H13/c1-2-3-4-7-5-6-7/h7H,1-6H2. The SMILES string of the molecule is [CH2]CCCC1CC1. The summed E-state index contributed by atoms with van der Waals surface area (Å²) in [7, 11) is 0. The molecule has 0 bridgehead atoms. The smallest absolute Gasteiger partial charge is 0.0414 e. The molecule has 0 heterocycles. The predicted molar refractivity (Wildman–Crippen MR) is 31.9 cm³/mol. The highest BCUT2D eigenvalue weighted by atomic mass is 14.2. The molecule has 0 heteroatoms. The third kappa shape index (κ3) is 1.96. The Morgan fingerprint density at radius 1 is 1.43 bits per heavy atom. The van der Waals surface area contributed by atoms with Gasteiger partial charge in [0, 0.05) is 0 Å². The number of hydrogen-bond donors (Lipinski definition) is 0. The molecule has 0 amide bonds. The lowest BCUT2D eigenvalue weighted by Gasteiger charge is -1.88. The lowest BCUT2D eigenvalue weighted by Crippen LogP contribution is -1.73. The molecular weight excluding hydrogens is 84.1 g/mol. The van der Waals surface area contributed by atoms with E-state index in [1.165, 1.54) is 25.7 Å². The van der Waals surface area contributed by atoms with Crippen molar-refractivity contribution in [2.24, 2.45) is 5.92 Å². The summed E-state index contributed by atoms with van der Waals surface area (Å²) in [5.41, 5.74) is 0. The van der Waals surface area contributed by atoms with E-state index in [0.717, 1.165) is 12.3 Å². The van der Waals surface area contributed by atoms with Gasteiger partial charge in [0.2, 0.25) is 0 Å². The Morgan fingerprint density at radius 2 is 2.14 bits per heavy atom. The molecule has 0 spiro atoms. The van der Waals surface area contributed by atoms with Crippen LogP contribution < -0.4 is 0 Å². The van der Waals surface area contributed by atoms with Gasteiger partial charge in [-0.15, -0.1) is 0 Å². The molecule has 0 atom stereocenters. The molecule has 0 N–H and O–H groups in total. The second kappa shape index (κ2) is 2.34. The zero-order valence-electron chi connectivity index (χ0n) is 4.82. The van der Waals surface area contributed by atoms with Crippen molar-refractivity contribution in [3.63, 3.8) is 0 Å². The van der Waals surface area contributed by atoms with Crippen LogP contribution in [0.1, 0.15) is 32.1 Å². The van der Waals surface area contributed by atoms with Crippen LogP contribution in [0.25, 0.3) is 0 Å². The average molecular weight is 97.2 g/mol. The molecule has 0 aromatic rings. The molecule has 0 nitrogen and oxygen atoms in total. The van der Waals surface area contributed by atoms with E-state index in [1.807, 2.05) is 0 Å². The van der Waals surface area contributed by atoms with Crippen LogP contribution in [0.2, 0.25) is 0 Å². The van der Waals surface area contributed by atoms with Crippen LogP contribution in [0.15, 0.2) is 0 Å². The highest BCUT2D eigenvalue weighted by molar-refractivity contribution is 4.72. The van der Waals surface area contributed by atoms with E-state index >= 15 is 0 Å². The first kappa shape index (κ1) is 5.14. The Kier molecular flexibility index (Phi) is 1.72. The molecule has 41 valence electrons. The van der Waals surface area contributed by atoms with Gasteiger partial charge in [0.25, 0.3) is 0 Å². The summed E-state index contributed by atoms with van der Waals surface area (Å²) in [6, 6.07) is 0. The van der Waals surface area contributed by atoms with Crippen LogP contribution in [0.4, 0.5) is 0 Å². The second-order valence-corrected chi connectivity index (χ2v) is 2.44. The van der Waals surface area contributed by atoms with E-state index in [9.17, 15) is 0 Å². The van der Waals surface area contributed by atoms with Crippen molar-refractivity contribution in [2.75, 3.05) is 0 Å². The number of rotatable bonds is 3. The van der Waals surface area contributed by atoms with Crippen LogP contribution in [0.5, 0.6) is 0 Å². The Bertz CT molecular complexity index is 44.0. The molecule has 0 aliphatic heterocycles. The van der Waals surface area contributed by atoms with Crippen molar-refractivity contribution in [2.45, 2.75) is 32.1 Å². The quantitative estimate of drug-likeness (QED) is 0.507. The van der Waals surface area contributed by atoms with Crippen molar-refractivity contribution in [1.82, 2.24) is 0 Å². The highest BCUT2D eigenvalue weighted by Gasteiger charge is 2.19. The average Bonchev–Trinajstić information content (AvgIpc) is 2.42. The topological polar surface area (TPSA) is 0 Å². The molecule has 1 saturated carbocycles. The maximum Gasteiger partial charge on any atom is -0.0414 e. The normalized spacial score (nSPS) is 20.1. The molecule has 1 fully saturated rings. The highest BCUT2D eigenvalue weighted by Crippen LogP contribution is 2.33. The van der Waals surface area contributed by atoms with Gasteiger partial charge in [0.15, 0.2) is 0 Å². The minimum atomic E-state index is 1.11. The molecule has 1 radical (unpaired) electrons. The zero-order chi connectivity index (χ0) is 5.11. The summed E-state index contributed by atoms with van der Waals surface area (Å²) in [5.74, 6) is 1.11. The van der Waals surface area contributed by atoms with E-state index in [-0.39, 0.29) is 0 Å². The lowest BCUT2D eigenvalue weighted by atomic mass is 10.2. The first-order valence-electron chi connectivity index (χ1n) is 3.22. The molecule has 0 aromatic carbocycles. The van der Waals surface area contributed by atoms with Crippen LogP contribution in [-0.4, -0.2) is 0 Å². The van der Waals surface area contributed by atoms with Gasteiger partial charge in [-0.25, -0.2) is 0 Å². The van der Waals surface area contributed by atoms with Gasteiger partial charge in [-0.2, -0.15) is 0 Å². The Labute approximate surface area is 45.9 Å². The monoisotopic (exact) mass is 97.1 g/mol. The molecule has 0 aromatic heterocycles. The van der Waals surface area contributed by atoms with E-state index < -0.39 is 0 Å². The summed E-state index contributed by atoms with van der Waals surface area (Å²) >= 11 is 0. The van der Waals surface area contributed by atoms with Crippen LogP contribution in [0.3, 0.4) is 0 Å². The summed E-state index contributed by atoms with van der Waals surface area (Å²) in [5, 5.41) is 0. The third-order valence-corrected chi connectivity index (χ3v) is 1.56. The Hall–Kier alpha value is 0. The van der Waals surface area contributed by atoms with Crippen LogP contribution in [-0.2, 0) is 0 Å². The van der Waals surface area contributed by atoms with Crippen molar-refractivity contribution < 1.29 is 0 Å². The van der Waals surface area contributed by atoms with Crippen LogP contribution in [0, 0.1) is 12.8 Å². The van der Waals surface area contributed by atoms with E-state index in [1.54, 1.807) is 0 Å². The molecule has 0 saturated heterocycles. The van der Waals surface area contributed by atoms with Gasteiger partial charge in [-0.3, -0.25) is 0 Å². The minimum Gasteiger partial charge on any atom is -0.0533 e. The summed E-state index contributed by atoms with van der Waals surface area (Å²) in [6.07, 6.45) is 6.94. The first-order valence-corrected chi connectivity index (χ1v) is 3.22. The molecule has 1 rings (SSSR count). The third-order valence-electron chi connectivity index (χ3n) is 1.56. The first-order chi connectivity index (χ1) is 3.43. The van der Waals surface area contributed by atoms with Gasteiger partial charge in [-0.1, -0.05) is 39.0 Å². The molecule has 7 heavy (non-hydrogen) atoms. The predicted octanol–water partition coefficient (Wildman–Crippen LogP) is 2.40. The molecular formula is C7H13. The molecule has 0 unspecified atom stereocenters. The number of hydrogen-bond acceptors (Lipinski definition) is 0. The second-order valence-electron chi connectivity index (χ2n) is 2.44. The van der Waals surface area contributed by atoms with Crippen molar-refractivity contribution in [3.05, 3.63) is 6.92 Å². The van der Waals surface area contributed by atoms with E-state index in [2.05, 4.69) is 6.92 Å². The minimum absolute atomic E-state index is 1.11. The zero-order valence-corrected chi connectivity index (χ0v) is 4.82.